The molecule has 0 unspecified atom stereocenters. The molecule has 0 saturated carbocycles. The number of nitrogens with one attached hydrogen (secondary N) is 1. The third-order valence-corrected chi connectivity index (χ3v) is 3.91. The number of aromatic nitrogens is 3. The fourth-order valence-electron chi connectivity index (χ4n) is 1.99. The number of nitrogens with zero attached hydrogens (tertiary/aromatic N) is 2. The van der Waals surface area contributed by atoms with E-state index in [2.05, 4.69) is 21.9 Å². The Morgan fingerprint density at radius 2 is 2.18 bits per heavy atom. The van der Waals surface area contributed by atoms with Gasteiger partial charge < -0.3 is 15.5 Å². The van der Waals surface area contributed by atoms with E-state index >= 15 is 0 Å². The fourth-order valence-corrected chi connectivity index (χ4v) is 2.74. The third kappa shape index (κ3) is 2.89. The highest BCUT2D eigenvalue weighted by Gasteiger charge is 2.08. The zero-order valence-corrected chi connectivity index (χ0v) is 12.7. The number of thioether (sulfide) groups is 1. The number of aromatic amines is 1. The molecule has 1 aromatic carbocycles. The summed E-state index contributed by atoms with van der Waals surface area (Å²) < 4.78 is 5.88. The maximum Gasteiger partial charge on any atom is 0.268 e. The van der Waals surface area contributed by atoms with Gasteiger partial charge in [-0.15, -0.1) is 11.8 Å². The van der Waals surface area contributed by atoms with Gasteiger partial charge in [0.2, 0.25) is 0 Å². The summed E-state index contributed by atoms with van der Waals surface area (Å²) in [6.45, 7) is 2.06. The molecule has 22 heavy (non-hydrogen) atoms. The van der Waals surface area contributed by atoms with E-state index in [1.165, 1.54) is 6.20 Å². The van der Waals surface area contributed by atoms with Crippen molar-refractivity contribution in [1.82, 2.24) is 15.0 Å². The number of nitrogen functional groups attached to an aromatic ring is 1. The third-order valence-electron chi connectivity index (χ3n) is 2.95. The van der Waals surface area contributed by atoms with Crippen LogP contribution in [-0.4, -0.2) is 20.7 Å². The van der Waals surface area contributed by atoms with Gasteiger partial charge in [-0.3, -0.25) is 4.79 Å². The minimum absolute atomic E-state index is 0.300. The molecule has 3 N–H and O–H groups in total. The SMILES string of the molecule is CCSc1cc(Oc2ccnc3[nH]c(=O)cnc23)ccc1N. The number of nitrogens with two attached hydrogens (primary N) is 1. The van der Waals surface area contributed by atoms with E-state index in [0.29, 0.717) is 22.7 Å². The summed E-state index contributed by atoms with van der Waals surface area (Å²) in [5, 5.41) is 0. The van der Waals surface area contributed by atoms with Crippen molar-refractivity contribution in [2.75, 3.05) is 11.5 Å². The zero-order chi connectivity index (χ0) is 15.5. The number of pyridine rings is 1. The molecule has 0 aliphatic heterocycles. The van der Waals surface area contributed by atoms with Crippen LogP contribution in [0.5, 0.6) is 11.5 Å². The monoisotopic (exact) mass is 314 g/mol. The lowest BCUT2D eigenvalue weighted by atomic mass is 10.3. The van der Waals surface area contributed by atoms with E-state index in [4.69, 9.17) is 10.5 Å². The van der Waals surface area contributed by atoms with Crippen LogP contribution in [0.25, 0.3) is 11.2 Å². The zero-order valence-electron chi connectivity index (χ0n) is 11.9. The normalized spacial score (nSPS) is 10.8. The van der Waals surface area contributed by atoms with Crippen molar-refractivity contribution in [2.24, 2.45) is 0 Å². The van der Waals surface area contributed by atoms with E-state index in [0.717, 1.165) is 16.3 Å². The molecular formula is C15H14N4O2S. The number of ether oxygens (including phenoxy) is 1. The first kappa shape index (κ1) is 14.4. The number of benzene rings is 1. The van der Waals surface area contributed by atoms with Crippen molar-refractivity contribution in [1.29, 1.82) is 0 Å². The van der Waals surface area contributed by atoms with Crippen LogP contribution in [0, 0.1) is 0 Å². The van der Waals surface area contributed by atoms with Crippen LogP contribution < -0.4 is 16.0 Å². The standard InChI is InChI=1S/C15H14N4O2S/c1-2-22-12-7-9(3-4-10(12)16)21-11-5-6-17-15-14(11)18-8-13(20)19-15/h3-8H,2,16H2,1H3,(H,17,19,20). The smallest absolute Gasteiger partial charge is 0.268 e. The Hall–Kier alpha value is -2.54. The Bertz CT molecular complexity index is 879. The van der Waals surface area contributed by atoms with Gasteiger partial charge in [0.15, 0.2) is 11.4 Å². The highest BCUT2D eigenvalue weighted by Crippen LogP contribution is 2.32. The van der Waals surface area contributed by atoms with Gasteiger partial charge in [-0.2, -0.15) is 0 Å². The van der Waals surface area contributed by atoms with Gasteiger partial charge in [-0.05, 0) is 24.0 Å². The lowest BCUT2D eigenvalue weighted by molar-refractivity contribution is 0.485. The second-order valence-corrected chi connectivity index (χ2v) is 5.79. The molecule has 2 heterocycles. The van der Waals surface area contributed by atoms with Crippen molar-refractivity contribution in [3.63, 3.8) is 0 Å². The molecule has 3 aromatic rings. The minimum atomic E-state index is -0.300. The number of H-pyrrole nitrogens is 1. The summed E-state index contributed by atoms with van der Waals surface area (Å²) in [6.07, 6.45) is 2.77. The molecule has 6 nitrogen and oxygen atoms in total. The van der Waals surface area contributed by atoms with Crippen LogP contribution in [0.4, 0.5) is 5.69 Å². The van der Waals surface area contributed by atoms with Gasteiger partial charge in [0, 0.05) is 22.8 Å². The van der Waals surface area contributed by atoms with Crippen molar-refractivity contribution in [3.8, 4) is 11.5 Å². The highest BCUT2D eigenvalue weighted by molar-refractivity contribution is 7.99. The summed E-state index contributed by atoms with van der Waals surface area (Å²) in [5.41, 5.74) is 7.26. The molecule has 0 radical (unpaired) electrons. The van der Waals surface area contributed by atoms with Crippen molar-refractivity contribution >= 4 is 28.6 Å². The van der Waals surface area contributed by atoms with Gasteiger partial charge >= 0.3 is 0 Å². The first-order chi connectivity index (χ1) is 10.7. The predicted octanol–water partition coefficient (Wildman–Crippen LogP) is 2.80. The van der Waals surface area contributed by atoms with E-state index in [-0.39, 0.29) is 5.56 Å². The van der Waals surface area contributed by atoms with Crippen LogP contribution in [0.3, 0.4) is 0 Å². The van der Waals surface area contributed by atoms with Gasteiger partial charge in [-0.1, -0.05) is 6.92 Å². The van der Waals surface area contributed by atoms with E-state index < -0.39 is 0 Å². The molecule has 0 amide bonds. The summed E-state index contributed by atoms with van der Waals surface area (Å²) in [5.74, 6) is 2.11. The fraction of sp³-hybridized carbons (Fsp3) is 0.133. The molecule has 0 bridgehead atoms. The van der Waals surface area contributed by atoms with Crippen molar-refractivity contribution in [3.05, 3.63) is 47.0 Å². The molecule has 0 aliphatic rings. The van der Waals surface area contributed by atoms with E-state index in [9.17, 15) is 4.79 Å². The highest BCUT2D eigenvalue weighted by atomic mass is 32.2. The molecule has 112 valence electrons. The Morgan fingerprint density at radius 1 is 1.32 bits per heavy atom. The van der Waals surface area contributed by atoms with E-state index in [1.807, 2.05) is 12.1 Å². The number of hydrogen-bond donors (Lipinski definition) is 2. The van der Waals surface area contributed by atoms with Crippen LogP contribution in [0.2, 0.25) is 0 Å². The molecular weight excluding hydrogens is 300 g/mol. The quantitative estimate of drug-likeness (QED) is 0.568. The number of rotatable bonds is 4. The lowest BCUT2D eigenvalue weighted by Gasteiger charge is -2.10. The average Bonchev–Trinajstić information content (AvgIpc) is 2.51. The van der Waals surface area contributed by atoms with E-state index in [1.54, 1.807) is 30.1 Å². The molecule has 0 atom stereocenters. The van der Waals surface area contributed by atoms with Crippen LogP contribution in [0.15, 0.2) is 46.3 Å². The second kappa shape index (κ2) is 6.07. The largest absolute Gasteiger partial charge is 0.455 e. The van der Waals surface area contributed by atoms with Crippen LogP contribution in [0.1, 0.15) is 6.92 Å². The first-order valence-corrected chi connectivity index (χ1v) is 7.70. The van der Waals surface area contributed by atoms with Gasteiger partial charge in [0.05, 0.1) is 6.20 Å². The van der Waals surface area contributed by atoms with Crippen molar-refractivity contribution < 1.29 is 4.74 Å². The summed E-state index contributed by atoms with van der Waals surface area (Å²) in [7, 11) is 0. The maximum atomic E-state index is 11.3. The Kier molecular flexibility index (Phi) is 3.97. The predicted molar refractivity (Wildman–Crippen MR) is 87.5 cm³/mol. The number of fused-ring (bicyclic) bond motifs is 1. The van der Waals surface area contributed by atoms with Crippen molar-refractivity contribution in [2.45, 2.75) is 11.8 Å². The molecule has 0 spiro atoms. The molecule has 0 aliphatic carbocycles. The molecule has 7 heteroatoms. The molecule has 0 saturated heterocycles. The number of hydrogen-bond acceptors (Lipinski definition) is 6. The molecule has 3 rings (SSSR count). The minimum Gasteiger partial charge on any atom is -0.455 e. The maximum absolute atomic E-state index is 11.3. The Labute approximate surface area is 130 Å². The molecule has 2 aromatic heterocycles. The Balaban J connectivity index is 2.00. The second-order valence-electron chi connectivity index (χ2n) is 4.49. The van der Waals surface area contributed by atoms with Gasteiger partial charge in [-0.25, -0.2) is 9.97 Å². The summed E-state index contributed by atoms with van der Waals surface area (Å²) >= 11 is 1.65. The van der Waals surface area contributed by atoms with Gasteiger partial charge in [0.1, 0.15) is 11.3 Å². The van der Waals surface area contributed by atoms with Gasteiger partial charge in [0.25, 0.3) is 5.56 Å². The van der Waals surface area contributed by atoms with Crippen LogP contribution >= 0.6 is 11.8 Å². The summed E-state index contributed by atoms with van der Waals surface area (Å²) in [6, 6.07) is 7.21. The first-order valence-electron chi connectivity index (χ1n) is 6.71. The lowest BCUT2D eigenvalue weighted by Crippen LogP contribution is -2.06. The van der Waals surface area contributed by atoms with Crippen LogP contribution in [-0.2, 0) is 0 Å². The summed E-state index contributed by atoms with van der Waals surface area (Å²) in [4.78, 5) is 23.1. The molecule has 0 fully saturated rings. The topological polar surface area (TPSA) is 93.9 Å². The average molecular weight is 314 g/mol. The Morgan fingerprint density at radius 3 is 3.00 bits per heavy atom. The number of anilines is 1.